The minimum Gasteiger partial charge on any atom is -0.372 e. The molecule has 0 saturated carbocycles. The molecule has 1 atom stereocenters. The van der Waals surface area contributed by atoms with Crippen LogP contribution in [0.5, 0.6) is 0 Å². The molecule has 0 aliphatic carbocycles. The van der Waals surface area contributed by atoms with Gasteiger partial charge in [-0.05, 0) is 32.0 Å². The molecule has 1 aliphatic heterocycles. The molecule has 1 saturated heterocycles. The molecule has 1 heterocycles. The van der Waals surface area contributed by atoms with Gasteiger partial charge >= 0.3 is 0 Å². The van der Waals surface area contributed by atoms with Crippen molar-refractivity contribution in [3.63, 3.8) is 0 Å². The number of benzene rings is 1. The second-order valence-corrected chi connectivity index (χ2v) is 6.04. The van der Waals surface area contributed by atoms with Crippen LogP contribution in [0.25, 0.3) is 0 Å². The van der Waals surface area contributed by atoms with Crippen LogP contribution in [0.2, 0.25) is 5.02 Å². The van der Waals surface area contributed by atoms with Crippen molar-refractivity contribution in [2.45, 2.75) is 32.4 Å². The maximum atomic E-state index is 12.1. The highest BCUT2D eigenvalue weighted by atomic mass is 79.9. The van der Waals surface area contributed by atoms with E-state index in [4.69, 9.17) is 11.6 Å². The first-order valence-corrected chi connectivity index (χ1v) is 7.14. The lowest BCUT2D eigenvalue weighted by Crippen LogP contribution is -2.39. The Morgan fingerprint density at radius 3 is 2.68 bits per heavy atom. The minimum absolute atomic E-state index is 0.121. The van der Waals surface area contributed by atoms with E-state index in [1.54, 1.807) is 12.1 Å². The number of nitrogens with zero attached hydrogens (tertiary/aromatic N) is 1. The van der Waals surface area contributed by atoms with Crippen molar-refractivity contribution in [3.05, 3.63) is 27.7 Å². The fraction of sp³-hybridized carbons (Fsp3) is 0.385. The maximum absolute atomic E-state index is 12.1. The van der Waals surface area contributed by atoms with Gasteiger partial charge in [-0.15, -0.1) is 0 Å². The van der Waals surface area contributed by atoms with Crippen LogP contribution in [-0.4, -0.2) is 28.8 Å². The van der Waals surface area contributed by atoms with Crippen LogP contribution in [0.3, 0.4) is 0 Å². The zero-order chi connectivity index (χ0) is 14.2. The molecule has 6 heteroatoms. The summed E-state index contributed by atoms with van der Waals surface area (Å²) in [6.45, 7) is 3.65. The van der Waals surface area contributed by atoms with E-state index in [1.165, 1.54) is 4.90 Å². The van der Waals surface area contributed by atoms with E-state index in [0.717, 1.165) is 4.47 Å². The molecule has 0 radical (unpaired) electrons. The average molecular weight is 346 g/mol. The van der Waals surface area contributed by atoms with Crippen molar-refractivity contribution in [2.24, 2.45) is 0 Å². The molecule has 102 valence electrons. The van der Waals surface area contributed by atoms with Gasteiger partial charge in [0.2, 0.25) is 5.91 Å². The summed E-state index contributed by atoms with van der Waals surface area (Å²) in [5.74, 6) is -0.348. The van der Waals surface area contributed by atoms with Gasteiger partial charge in [0.05, 0.1) is 17.1 Å². The molecule has 1 fully saturated rings. The predicted octanol–water partition coefficient (Wildman–Crippen LogP) is 3.05. The summed E-state index contributed by atoms with van der Waals surface area (Å²) in [6, 6.07) is 4.68. The first kappa shape index (κ1) is 14.3. The highest BCUT2D eigenvalue weighted by Gasteiger charge is 2.40. The lowest BCUT2D eigenvalue weighted by atomic mass is 10.2. The molecule has 2 amide bonds. The largest absolute Gasteiger partial charge is 0.372 e. The molecule has 1 unspecified atom stereocenters. The number of hydrogen-bond donors (Lipinski definition) is 1. The molecule has 1 aromatic rings. The fourth-order valence-corrected chi connectivity index (χ4v) is 2.64. The number of hydrogen-bond acceptors (Lipinski definition) is 3. The number of carbonyl (C=O) groups is 2. The summed E-state index contributed by atoms with van der Waals surface area (Å²) < 4.78 is 0.858. The van der Waals surface area contributed by atoms with Crippen LogP contribution in [0.4, 0.5) is 5.69 Å². The van der Waals surface area contributed by atoms with Gasteiger partial charge in [-0.1, -0.05) is 27.5 Å². The molecule has 1 aromatic carbocycles. The smallest absolute Gasteiger partial charge is 0.252 e. The lowest BCUT2D eigenvalue weighted by molar-refractivity contribution is -0.140. The zero-order valence-corrected chi connectivity index (χ0v) is 13.0. The van der Waals surface area contributed by atoms with Crippen molar-refractivity contribution in [1.82, 2.24) is 4.90 Å². The Bertz CT molecular complexity index is 533. The van der Waals surface area contributed by atoms with Gasteiger partial charge in [-0.2, -0.15) is 0 Å². The molecule has 1 aliphatic rings. The number of likely N-dealkylation sites (tertiary alicyclic amines) is 1. The van der Waals surface area contributed by atoms with E-state index < -0.39 is 6.04 Å². The third-order valence-corrected chi connectivity index (χ3v) is 3.78. The summed E-state index contributed by atoms with van der Waals surface area (Å²) in [5.41, 5.74) is 0.646. The molecule has 4 nitrogen and oxygen atoms in total. The van der Waals surface area contributed by atoms with Gasteiger partial charge in [0.15, 0.2) is 0 Å². The standard InChI is InChI=1S/C13H14BrClN2O2/c1-7(2)17-12(18)6-11(13(17)19)16-10-5-8(14)3-4-9(10)15/h3-5,7,11,16H,6H2,1-2H3. The summed E-state index contributed by atoms with van der Waals surface area (Å²) in [4.78, 5) is 25.2. The van der Waals surface area contributed by atoms with Crippen molar-refractivity contribution >= 4 is 45.0 Å². The highest BCUT2D eigenvalue weighted by Crippen LogP contribution is 2.28. The van der Waals surface area contributed by atoms with Gasteiger partial charge < -0.3 is 5.32 Å². The third kappa shape index (κ3) is 2.92. The van der Waals surface area contributed by atoms with Crippen LogP contribution in [0, 0.1) is 0 Å². The molecule has 0 bridgehead atoms. The Morgan fingerprint density at radius 1 is 1.42 bits per heavy atom. The molecule has 2 rings (SSSR count). The first-order valence-electron chi connectivity index (χ1n) is 5.97. The van der Waals surface area contributed by atoms with Crippen molar-refractivity contribution in [3.8, 4) is 0 Å². The zero-order valence-electron chi connectivity index (χ0n) is 10.6. The van der Waals surface area contributed by atoms with E-state index in [0.29, 0.717) is 10.7 Å². The number of carbonyl (C=O) groups excluding carboxylic acids is 2. The molecule has 0 aromatic heterocycles. The number of halogens is 2. The summed E-state index contributed by atoms with van der Waals surface area (Å²) in [6.07, 6.45) is 0.167. The molecule has 19 heavy (non-hydrogen) atoms. The predicted molar refractivity (Wildman–Crippen MR) is 78.2 cm³/mol. The third-order valence-electron chi connectivity index (χ3n) is 2.96. The van der Waals surface area contributed by atoms with Crippen molar-refractivity contribution in [2.75, 3.05) is 5.32 Å². The van der Waals surface area contributed by atoms with Crippen LogP contribution in [0.1, 0.15) is 20.3 Å². The average Bonchev–Trinajstić information content (AvgIpc) is 2.59. The van der Waals surface area contributed by atoms with Gasteiger partial charge in [-0.3, -0.25) is 14.5 Å². The normalized spacial score (nSPS) is 19.4. The van der Waals surface area contributed by atoms with Gasteiger partial charge in [0.1, 0.15) is 6.04 Å². The van der Waals surface area contributed by atoms with E-state index in [-0.39, 0.29) is 24.3 Å². The Kier molecular flexibility index (Phi) is 4.16. The van der Waals surface area contributed by atoms with E-state index in [2.05, 4.69) is 21.2 Å². The van der Waals surface area contributed by atoms with Gasteiger partial charge in [0, 0.05) is 10.5 Å². The second-order valence-electron chi connectivity index (χ2n) is 4.72. The maximum Gasteiger partial charge on any atom is 0.252 e. The van der Waals surface area contributed by atoms with Gasteiger partial charge in [-0.25, -0.2) is 0 Å². The Morgan fingerprint density at radius 2 is 2.11 bits per heavy atom. The fourth-order valence-electron chi connectivity index (χ4n) is 2.10. The molecule has 0 spiro atoms. The van der Waals surface area contributed by atoms with Crippen molar-refractivity contribution < 1.29 is 9.59 Å². The first-order chi connectivity index (χ1) is 8.90. The van der Waals surface area contributed by atoms with Crippen molar-refractivity contribution in [1.29, 1.82) is 0 Å². The summed E-state index contributed by atoms with van der Waals surface area (Å²) >= 11 is 9.41. The molecular formula is C13H14BrClN2O2. The van der Waals surface area contributed by atoms with Crippen LogP contribution >= 0.6 is 27.5 Å². The lowest BCUT2D eigenvalue weighted by Gasteiger charge is -2.19. The van der Waals surface area contributed by atoms with E-state index in [9.17, 15) is 9.59 Å². The van der Waals surface area contributed by atoms with Crippen LogP contribution in [-0.2, 0) is 9.59 Å². The Hall–Kier alpha value is -1.07. The van der Waals surface area contributed by atoms with Crippen LogP contribution in [0.15, 0.2) is 22.7 Å². The minimum atomic E-state index is -0.540. The number of nitrogens with one attached hydrogen (secondary N) is 1. The number of amides is 2. The number of rotatable bonds is 3. The number of anilines is 1. The summed E-state index contributed by atoms with van der Waals surface area (Å²) in [7, 11) is 0. The topological polar surface area (TPSA) is 49.4 Å². The second kappa shape index (κ2) is 5.51. The van der Waals surface area contributed by atoms with Crippen LogP contribution < -0.4 is 5.32 Å². The number of imide groups is 1. The molecular weight excluding hydrogens is 332 g/mol. The van der Waals surface area contributed by atoms with E-state index in [1.807, 2.05) is 19.9 Å². The summed E-state index contributed by atoms with van der Waals surface area (Å²) in [5, 5.41) is 3.56. The monoisotopic (exact) mass is 344 g/mol. The highest BCUT2D eigenvalue weighted by molar-refractivity contribution is 9.10. The SMILES string of the molecule is CC(C)N1C(=O)CC(Nc2cc(Br)ccc2Cl)C1=O. The van der Waals surface area contributed by atoms with Gasteiger partial charge in [0.25, 0.3) is 5.91 Å². The molecule has 1 N–H and O–H groups in total. The Labute approximate surface area is 125 Å². The van der Waals surface area contributed by atoms with E-state index >= 15 is 0 Å². The quantitative estimate of drug-likeness (QED) is 0.857. The Balaban J connectivity index is 2.19.